The fraction of sp³-hybridized carbons (Fsp3) is 0.500. The van der Waals surface area contributed by atoms with Crippen molar-refractivity contribution < 1.29 is 4.79 Å². The van der Waals surface area contributed by atoms with Crippen LogP contribution in [-0.2, 0) is 0 Å². The first kappa shape index (κ1) is 13.7. The third-order valence-electron chi connectivity index (χ3n) is 3.61. The number of nitrogens with zero attached hydrogens (tertiary/aromatic N) is 1. The van der Waals surface area contributed by atoms with Crippen LogP contribution >= 0.6 is 23.2 Å². The molecule has 0 aliphatic heterocycles. The van der Waals surface area contributed by atoms with Crippen LogP contribution in [0.15, 0.2) is 18.2 Å². The molecule has 2 rings (SSSR count). The van der Waals surface area contributed by atoms with Gasteiger partial charge in [-0.15, -0.1) is 0 Å². The fourth-order valence-electron chi connectivity index (χ4n) is 2.47. The molecule has 0 spiro atoms. The van der Waals surface area contributed by atoms with Gasteiger partial charge in [-0.05, 0) is 31.0 Å². The van der Waals surface area contributed by atoms with Gasteiger partial charge in [0, 0.05) is 18.7 Å². The van der Waals surface area contributed by atoms with Gasteiger partial charge in [-0.2, -0.15) is 0 Å². The largest absolute Gasteiger partial charge is 0.339 e. The number of halogens is 2. The van der Waals surface area contributed by atoms with E-state index >= 15 is 0 Å². The summed E-state index contributed by atoms with van der Waals surface area (Å²) in [5, 5.41) is 0.910. The molecule has 18 heavy (non-hydrogen) atoms. The molecule has 1 aromatic carbocycles. The van der Waals surface area contributed by atoms with Gasteiger partial charge >= 0.3 is 0 Å². The number of amides is 1. The highest BCUT2D eigenvalue weighted by Crippen LogP contribution is 2.26. The van der Waals surface area contributed by atoms with Crippen molar-refractivity contribution in [2.45, 2.75) is 38.1 Å². The second-order valence-electron chi connectivity index (χ2n) is 4.84. The predicted octanol–water partition coefficient (Wildman–Crippen LogP) is 4.40. The van der Waals surface area contributed by atoms with Crippen molar-refractivity contribution in [2.24, 2.45) is 0 Å². The van der Waals surface area contributed by atoms with E-state index in [-0.39, 0.29) is 5.91 Å². The molecule has 1 aliphatic carbocycles. The molecule has 0 N–H and O–H groups in total. The second-order valence-corrected chi connectivity index (χ2v) is 5.65. The molecule has 0 unspecified atom stereocenters. The molecule has 1 aromatic rings. The lowest BCUT2D eigenvalue weighted by atomic mass is 9.94. The van der Waals surface area contributed by atoms with Crippen LogP contribution in [0.2, 0.25) is 10.0 Å². The quantitative estimate of drug-likeness (QED) is 0.789. The molecule has 0 bridgehead atoms. The molecule has 0 saturated heterocycles. The Balaban J connectivity index is 2.11. The van der Waals surface area contributed by atoms with Crippen LogP contribution in [-0.4, -0.2) is 23.9 Å². The number of hydrogen-bond acceptors (Lipinski definition) is 1. The molecule has 0 aromatic heterocycles. The summed E-state index contributed by atoms with van der Waals surface area (Å²) in [6, 6.07) is 5.41. The maximum atomic E-state index is 12.3. The summed E-state index contributed by atoms with van der Waals surface area (Å²) in [5.74, 6) is 0.0282. The van der Waals surface area contributed by atoms with E-state index in [1.165, 1.54) is 19.3 Å². The third-order valence-corrected chi connectivity index (χ3v) is 4.35. The summed E-state index contributed by atoms with van der Waals surface area (Å²) >= 11 is 11.8. The van der Waals surface area contributed by atoms with Gasteiger partial charge in [0.1, 0.15) is 0 Å². The molecule has 0 radical (unpaired) electrons. The Morgan fingerprint density at radius 2 is 1.83 bits per heavy atom. The maximum absolute atomic E-state index is 12.3. The lowest BCUT2D eigenvalue weighted by Crippen LogP contribution is -2.38. The molecule has 98 valence electrons. The van der Waals surface area contributed by atoms with E-state index in [4.69, 9.17) is 23.2 Å². The standard InChI is InChI=1S/C14H17Cl2NO/c1-17(11-5-3-2-4-6-11)14(18)10-7-8-12(15)13(16)9-10/h7-9,11H,2-6H2,1H3. The zero-order valence-corrected chi connectivity index (χ0v) is 12.0. The lowest BCUT2D eigenvalue weighted by molar-refractivity contribution is 0.0696. The van der Waals surface area contributed by atoms with Gasteiger partial charge in [0.05, 0.1) is 10.0 Å². The van der Waals surface area contributed by atoms with Gasteiger partial charge < -0.3 is 4.90 Å². The number of benzene rings is 1. The molecule has 1 fully saturated rings. The second kappa shape index (κ2) is 5.94. The Bertz CT molecular complexity index is 441. The van der Waals surface area contributed by atoms with Gasteiger partial charge in [0.15, 0.2) is 0 Å². The first-order valence-electron chi connectivity index (χ1n) is 6.32. The van der Waals surface area contributed by atoms with Crippen LogP contribution in [0.5, 0.6) is 0 Å². The third kappa shape index (κ3) is 2.99. The van der Waals surface area contributed by atoms with Gasteiger partial charge in [-0.25, -0.2) is 0 Å². The highest BCUT2D eigenvalue weighted by molar-refractivity contribution is 6.42. The van der Waals surface area contributed by atoms with Crippen molar-refractivity contribution in [2.75, 3.05) is 7.05 Å². The summed E-state index contributed by atoms with van der Waals surface area (Å²) < 4.78 is 0. The number of carbonyl (C=O) groups excluding carboxylic acids is 1. The molecule has 0 heterocycles. The highest BCUT2D eigenvalue weighted by atomic mass is 35.5. The molecular weight excluding hydrogens is 269 g/mol. The Morgan fingerprint density at radius 1 is 1.17 bits per heavy atom. The van der Waals surface area contributed by atoms with Crippen LogP contribution in [0.3, 0.4) is 0 Å². The molecule has 0 atom stereocenters. The van der Waals surface area contributed by atoms with Crippen LogP contribution in [0.1, 0.15) is 42.5 Å². The fourth-order valence-corrected chi connectivity index (χ4v) is 2.77. The number of hydrogen-bond donors (Lipinski definition) is 0. The minimum atomic E-state index is 0.0282. The number of rotatable bonds is 2. The Kier molecular flexibility index (Phi) is 4.52. The van der Waals surface area contributed by atoms with Crippen molar-refractivity contribution in [1.29, 1.82) is 0 Å². The van der Waals surface area contributed by atoms with E-state index in [1.54, 1.807) is 18.2 Å². The Morgan fingerprint density at radius 3 is 2.44 bits per heavy atom. The maximum Gasteiger partial charge on any atom is 0.253 e. The molecule has 2 nitrogen and oxygen atoms in total. The minimum absolute atomic E-state index is 0.0282. The molecule has 1 amide bonds. The van der Waals surface area contributed by atoms with E-state index in [0.29, 0.717) is 21.7 Å². The molecular formula is C14H17Cl2NO. The number of carbonyl (C=O) groups is 1. The van der Waals surface area contributed by atoms with Crippen molar-refractivity contribution in [1.82, 2.24) is 4.90 Å². The first-order valence-corrected chi connectivity index (χ1v) is 7.07. The minimum Gasteiger partial charge on any atom is -0.339 e. The van der Waals surface area contributed by atoms with Gasteiger partial charge in [0.2, 0.25) is 0 Å². The van der Waals surface area contributed by atoms with E-state index in [0.717, 1.165) is 12.8 Å². The summed E-state index contributed by atoms with van der Waals surface area (Å²) in [7, 11) is 1.88. The van der Waals surface area contributed by atoms with E-state index in [1.807, 2.05) is 11.9 Å². The Labute approximate surface area is 118 Å². The topological polar surface area (TPSA) is 20.3 Å². The van der Waals surface area contributed by atoms with Crippen LogP contribution in [0.4, 0.5) is 0 Å². The van der Waals surface area contributed by atoms with Crippen LogP contribution in [0.25, 0.3) is 0 Å². The summed E-state index contributed by atoms with van der Waals surface area (Å²) in [5.41, 5.74) is 0.609. The summed E-state index contributed by atoms with van der Waals surface area (Å²) in [6.45, 7) is 0. The van der Waals surface area contributed by atoms with Crippen molar-refractivity contribution >= 4 is 29.1 Å². The average Bonchev–Trinajstić information content (AvgIpc) is 2.41. The molecule has 1 saturated carbocycles. The van der Waals surface area contributed by atoms with Gasteiger partial charge in [-0.3, -0.25) is 4.79 Å². The lowest BCUT2D eigenvalue weighted by Gasteiger charge is -2.31. The zero-order chi connectivity index (χ0) is 13.1. The van der Waals surface area contributed by atoms with Crippen molar-refractivity contribution in [3.05, 3.63) is 33.8 Å². The van der Waals surface area contributed by atoms with Crippen molar-refractivity contribution in [3.63, 3.8) is 0 Å². The monoisotopic (exact) mass is 285 g/mol. The van der Waals surface area contributed by atoms with Gasteiger partial charge in [-0.1, -0.05) is 42.5 Å². The van der Waals surface area contributed by atoms with E-state index < -0.39 is 0 Å². The summed E-state index contributed by atoms with van der Waals surface area (Å²) in [4.78, 5) is 14.2. The average molecular weight is 286 g/mol. The summed E-state index contributed by atoms with van der Waals surface area (Å²) in [6.07, 6.45) is 5.91. The predicted molar refractivity (Wildman–Crippen MR) is 75.4 cm³/mol. The van der Waals surface area contributed by atoms with Crippen LogP contribution < -0.4 is 0 Å². The SMILES string of the molecule is CN(C(=O)c1ccc(Cl)c(Cl)c1)C1CCCCC1. The van der Waals surface area contributed by atoms with E-state index in [9.17, 15) is 4.79 Å². The van der Waals surface area contributed by atoms with Crippen molar-refractivity contribution in [3.8, 4) is 0 Å². The zero-order valence-electron chi connectivity index (χ0n) is 10.5. The molecule has 4 heteroatoms. The van der Waals surface area contributed by atoms with E-state index in [2.05, 4.69) is 0 Å². The Hall–Kier alpha value is -0.730. The highest BCUT2D eigenvalue weighted by Gasteiger charge is 2.23. The normalized spacial score (nSPS) is 16.6. The smallest absolute Gasteiger partial charge is 0.253 e. The van der Waals surface area contributed by atoms with Gasteiger partial charge in [0.25, 0.3) is 5.91 Å². The first-order chi connectivity index (χ1) is 8.59. The van der Waals surface area contributed by atoms with Crippen LogP contribution in [0, 0.1) is 0 Å². The molecule has 1 aliphatic rings.